The number of likely N-dealkylation sites (tertiary alicyclic amines) is 1. The van der Waals surface area contributed by atoms with Crippen molar-refractivity contribution in [2.45, 2.75) is 26.2 Å². The minimum absolute atomic E-state index is 0.0185. The highest BCUT2D eigenvalue weighted by molar-refractivity contribution is 5.96. The Morgan fingerprint density at radius 2 is 2.30 bits per heavy atom. The molecular formula is C16H22FNO2. The Labute approximate surface area is 119 Å². The van der Waals surface area contributed by atoms with Crippen molar-refractivity contribution in [2.24, 2.45) is 5.92 Å². The summed E-state index contributed by atoms with van der Waals surface area (Å²) < 4.78 is 13.4. The molecule has 1 atom stereocenters. The second kappa shape index (κ2) is 6.95. The summed E-state index contributed by atoms with van der Waals surface area (Å²) in [5, 5.41) is 9.19. The van der Waals surface area contributed by atoms with E-state index in [9.17, 15) is 14.3 Å². The molecule has 3 nitrogen and oxygen atoms in total. The lowest BCUT2D eigenvalue weighted by molar-refractivity contribution is 0.0916. The van der Waals surface area contributed by atoms with Gasteiger partial charge in [0.2, 0.25) is 0 Å². The zero-order valence-electron chi connectivity index (χ0n) is 11.9. The molecule has 0 spiro atoms. The predicted molar refractivity (Wildman–Crippen MR) is 76.3 cm³/mol. The van der Waals surface area contributed by atoms with Gasteiger partial charge in [0.25, 0.3) is 0 Å². The van der Waals surface area contributed by atoms with Crippen LogP contribution in [0.25, 0.3) is 0 Å². The first-order chi connectivity index (χ1) is 9.60. The number of carbonyl (C=O) groups is 1. The molecule has 0 aliphatic carbocycles. The normalized spacial score (nSPS) is 20.1. The summed E-state index contributed by atoms with van der Waals surface area (Å²) in [4.78, 5) is 14.3. The Bertz CT molecular complexity index is 476. The number of hydrogen-bond acceptors (Lipinski definition) is 3. The lowest BCUT2D eigenvalue weighted by atomic mass is 9.98. The smallest absolute Gasteiger partial charge is 0.164 e. The minimum Gasteiger partial charge on any atom is -0.396 e. The molecule has 0 saturated carbocycles. The first kappa shape index (κ1) is 15.1. The molecule has 0 bridgehead atoms. The molecule has 4 heteroatoms. The monoisotopic (exact) mass is 279 g/mol. The third-order valence-electron chi connectivity index (χ3n) is 4.01. The van der Waals surface area contributed by atoms with Crippen LogP contribution >= 0.6 is 0 Å². The fraction of sp³-hybridized carbons (Fsp3) is 0.562. The van der Waals surface area contributed by atoms with Crippen LogP contribution in [0.1, 0.15) is 35.2 Å². The molecule has 1 fully saturated rings. The Morgan fingerprint density at radius 1 is 1.50 bits per heavy atom. The lowest BCUT2D eigenvalue weighted by Gasteiger charge is -2.31. The fourth-order valence-corrected chi connectivity index (χ4v) is 2.67. The number of aliphatic hydroxyl groups is 1. The third kappa shape index (κ3) is 3.87. The first-order valence-corrected chi connectivity index (χ1v) is 7.22. The SMILES string of the molecule is Cc1ccc(C(=O)CCN2CCCC(CO)C2)cc1F. The van der Waals surface area contributed by atoms with Gasteiger partial charge in [-0.25, -0.2) is 4.39 Å². The molecule has 1 aromatic carbocycles. The van der Waals surface area contributed by atoms with Crippen molar-refractivity contribution in [1.82, 2.24) is 4.90 Å². The summed E-state index contributed by atoms with van der Waals surface area (Å²) in [7, 11) is 0. The number of hydrogen-bond donors (Lipinski definition) is 1. The van der Waals surface area contributed by atoms with E-state index >= 15 is 0 Å². The first-order valence-electron chi connectivity index (χ1n) is 7.22. The van der Waals surface area contributed by atoms with Crippen molar-refractivity contribution in [3.05, 3.63) is 35.1 Å². The van der Waals surface area contributed by atoms with E-state index in [2.05, 4.69) is 4.90 Å². The average molecular weight is 279 g/mol. The van der Waals surface area contributed by atoms with E-state index in [1.807, 2.05) is 0 Å². The number of aryl methyl sites for hydroxylation is 1. The molecule has 1 saturated heterocycles. The molecule has 20 heavy (non-hydrogen) atoms. The molecule has 1 aliphatic rings. The van der Waals surface area contributed by atoms with Crippen molar-refractivity contribution in [3.63, 3.8) is 0 Å². The van der Waals surface area contributed by atoms with Gasteiger partial charge in [-0.3, -0.25) is 4.79 Å². The van der Waals surface area contributed by atoms with Gasteiger partial charge in [0.15, 0.2) is 5.78 Å². The molecular weight excluding hydrogens is 257 g/mol. The number of nitrogens with zero attached hydrogens (tertiary/aromatic N) is 1. The van der Waals surface area contributed by atoms with Crippen LogP contribution in [0.15, 0.2) is 18.2 Å². The van der Waals surface area contributed by atoms with Crippen LogP contribution in [-0.2, 0) is 0 Å². The second-order valence-electron chi connectivity index (χ2n) is 5.63. The number of ketones is 1. The molecule has 1 N–H and O–H groups in total. The number of halogens is 1. The highest BCUT2D eigenvalue weighted by Crippen LogP contribution is 2.17. The van der Waals surface area contributed by atoms with Gasteiger partial charge >= 0.3 is 0 Å². The summed E-state index contributed by atoms with van der Waals surface area (Å²) in [6, 6.07) is 4.66. The third-order valence-corrected chi connectivity index (χ3v) is 4.01. The highest BCUT2D eigenvalue weighted by atomic mass is 19.1. The average Bonchev–Trinajstić information content (AvgIpc) is 2.47. The summed E-state index contributed by atoms with van der Waals surface area (Å²) in [5.41, 5.74) is 1.01. The predicted octanol–water partition coefficient (Wildman–Crippen LogP) is 2.41. The number of aliphatic hydroxyl groups excluding tert-OH is 1. The number of Topliss-reactive ketones (excluding diaryl/α,β-unsaturated/α-hetero) is 1. The molecule has 0 aromatic heterocycles. The van der Waals surface area contributed by atoms with Crippen molar-refractivity contribution in [3.8, 4) is 0 Å². The van der Waals surface area contributed by atoms with Crippen LogP contribution in [0.2, 0.25) is 0 Å². The van der Waals surface area contributed by atoms with Crippen LogP contribution in [0.5, 0.6) is 0 Å². The van der Waals surface area contributed by atoms with Gasteiger partial charge in [0.05, 0.1) is 0 Å². The van der Waals surface area contributed by atoms with Crippen LogP contribution in [-0.4, -0.2) is 42.0 Å². The van der Waals surface area contributed by atoms with Crippen LogP contribution in [0.4, 0.5) is 4.39 Å². The maximum Gasteiger partial charge on any atom is 0.164 e. The standard InChI is InChI=1S/C16H22FNO2/c1-12-4-5-14(9-15(12)17)16(20)6-8-18-7-2-3-13(10-18)11-19/h4-5,9,13,19H,2-3,6-8,10-11H2,1H3. The zero-order chi connectivity index (χ0) is 14.5. The lowest BCUT2D eigenvalue weighted by Crippen LogP contribution is -2.37. The number of rotatable bonds is 5. The Kier molecular flexibility index (Phi) is 5.26. The number of carbonyl (C=O) groups excluding carboxylic acids is 1. The van der Waals surface area contributed by atoms with Crippen molar-refractivity contribution < 1.29 is 14.3 Å². The Hall–Kier alpha value is -1.26. The number of piperidine rings is 1. The van der Waals surface area contributed by atoms with Crippen molar-refractivity contribution in [2.75, 3.05) is 26.2 Å². The van der Waals surface area contributed by atoms with Gasteiger partial charge in [-0.05, 0) is 43.9 Å². The molecule has 1 heterocycles. The molecule has 0 amide bonds. The van der Waals surface area contributed by atoms with E-state index in [1.54, 1.807) is 19.1 Å². The highest BCUT2D eigenvalue weighted by Gasteiger charge is 2.19. The molecule has 0 radical (unpaired) electrons. The maximum atomic E-state index is 13.4. The molecule has 1 aliphatic heterocycles. The van der Waals surface area contributed by atoms with E-state index in [4.69, 9.17) is 0 Å². The van der Waals surface area contributed by atoms with Crippen LogP contribution in [0.3, 0.4) is 0 Å². The van der Waals surface area contributed by atoms with Crippen molar-refractivity contribution >= 4 is 5.78 Å². The molecule has 110 valence electrons. The summed E-state index contributed by atoms with van der Waals surface area (Å²) in [6.07, 6.45) is 2.53. The fourth-order valence-electron chi connectivity index (χ4n) is 2.67. The second-order valence-corrected chi connectivity index (χ2v) is 5.63. The van der Waals surface area contributed by atoms with Gasteiger partial charge in [0.1, 0.15) is 5.82 Å². The molecule has 1 aromatic rings. The topological polar surface area (TPSA) is 40.5 Å². The van der Waals surface area contributed by atoms with Gasteiger partial charge in [-0.2, -0.15) is 0 Å². The molecule has 2 rings (SSSR count). The summed E-state index contributed by atoms with van der Waals surface area (Å²) >= 11 is 0. The Balaban J connectivity index is 1.87. The van der Waals surface area contributed by atoms with Crippen LogP contribution in [0, 0.1) is 18.7 Å². The van der Waals surface area contributed by atoms with E-state index in [0.29, 0.717) is 30.0 Å². The number of benzene rings is 1. The van der Waals surface area contributed by atoms with Gasteiger partial charge in [-0.15, -0.1) is 0 Å². The molecule has 1 unspecified atom stereocenters. The van der Waals surface area contributed by atoms with Crippen LogP contribution < -0.4 is 0 Å². The summed E-state index contributed by atoms with van der Waals surface area (Å²) in [6.45, 7) is 4.42. The summed E-state index contributed by atoms with van der Waals surface area (Å²) in [5.74, 6) is -0.0140. The van der Waals surface area contributed by atoms with E-state index < -0.39 is 0 Å². The van der Waals surface area contributed by atoms with Gasteiger partial charge in [-0.1, -0.05) is 12.1 Å². The Morgan fingerprint density at radius 3 is 3.00 bits per heavy atom. The van der Waals surface area contributed by atoms with Gasteiger partial charge in [0, 0.05) is 31.7 Å². The van der Waals surface area contributed by atoms with Gasteiger partial charge < -0.3 is 10.0 Å². The maximum absolute atomic E-state index is 13.4. The quantitative estimate of drug-likeness (QED) is 0.841. The minimum atomic E-state index is -0.325. The largest absolute Gasteiger partial charge is 0.396 e. The zero-order valence-corrected chi connectivity index (χ0v) is 11.9. The van der Waals surface area contributed by atoms with E-state index in [0.717, 1.165) is 25.9 Å². The van der Waals surface area contributed by atoms with Crippen molar-refractivity contribution in [1.29, 1.82) is 0 Å². The van der Waals surface area contributed by atoms with E-state index in [1.165, 1.54) is 6.07 Å². The van der Waals surface area contributed by atoms with E-state index in [-0.39, 0.29) is 18.2 Å².